The molecule has 0 aliphatic rings. The van der Waals surface area contributed by atoms with Crippen LogP contribution in [-0.4, -0.2) is 40.9 Å². The molecule has 23 heavy (non-hydrogen) atoms. The molecule has 124 valence electrons. The Morgan fingerprint density at radius 2 is 2.04 bits per heavy atom. The standard InChI is InChI=1S/C16H22N4O2S/c1-12(2)10-15-18-19-16(23-15)17-14(22)11-20(8-9-21)13-6-4-3-5-7-13/h3-7,12,21H,8-11H2,1-2H3,(H,17,19,22). The summed E-state index contributed by atoms with van der Waals surface area (Å²) < 4.78 is 0. The first kappa shape index (κ1) is 17.4. The molecule has 0 unspecified atom stereocenters. The third-order valence-electron chi connectivity index (χ3n) is 3.12. The Kier molecular flexibility index (Phi) is 6.49. The number of aromatic nitrogens is 2. The van der Waals surface area contributed by atoms with Crippen molar-refractivity contribution in [1.29, 1.82) is 0 Å². The molecule has 6 nitrogen and oxygen atoms in total. The number of rotatable bonds is 8. The highest BCUT2D eigenvalue weighted by Gasteiger charge is 2.13. The first-order valence-corrected chi connectivity index (χ1v) is 8.43. The number of hydrogen-bond acceptors (Lipinski definition) is 6. The lowest BCUT2D eigenvalue weighted by Crippen LogP contribution is -2.35. The molecule has 1 aromatic carbocycles. The van der Waals surface area contributed by atoms with E-state index in [0.29, 0.717) is 17.6 Å². The molecule has 0 radical (unpaired) electrons. The van der Waals surface area contributed by atoms with Crippen LogP contribution in [0.5, 0.6) is 0 Å². The molecule has 1 aromatic heterocycles. The molecule has 2 N–H and O–H groups in total. The maximum absolute atomic E-state index is 12.2. The van der Waals surface area contributed by atoms with Crippen molar-refractivity contribution in [2.45, 2.75) is 20.3 Å². The van der Waals surface area contributed by atoms with Crippen molar-refractivity contribution in [2.75, 3.05) is 29.9 Å². The van der Waals surface area contributed by atoms with Gasteiger partial charge in [-0.15, -0.1) is 10.2 Å². The van der Waals surface area contributed by atoms with Crippen molar-refractivity contribution in [3.63, 3.8) is 0 Å². The highest BCUT2D eigenvalue weighted by molar-refractivity contribution is 7.15. The van der Waals surface area contributed by atoms with Crippen molar-refractivity contribution in [3.05, 3.63) is 35.3 Å². The minimum atomic E-state index is -0.172. The summed E-state index contributed by atoms with van der Waals surface area (Å²) in [6.07, 6.45) is 0.855. The summed E-state index contributed by atoms with van der Waals surface area (Å²) in [6, 6.07) is 9.54. The number of para-hydroxylation sites is 1. The van der Waals surface area contributed by atoms with Crippen LogP contribution in [0.1, 0.15) is 18.9 Å². The maximum Gasteiger partial charge on any atom is 0.245 e. The van der Waals surface area contributed by atoms with E-state index in [0.717, 1.165) is 17.1 Å². The van der Waals surface area contributed by atoms with Crippen LogP contribution in [-0.2, 0) is 11.2 Å². The van der Waals surface area contributed by atoms with E-state index in [4.69, 9.17) is 0 Å². The molecule has 0 saturated heterocycles. The Hall–Kier alpha value is -1.99. The fourth-order valence-electron chi connectivity index (χ4n) is 2.13. The van der Waals surface area contributed by atoms with E-state index in [9.17, 15) is 9.90 Å². The van der Waals surface area contributed by atoms with Crippen LogP contribution in [0.25, 0.3) is 0 Å². The molecule has 0 fully saturated rings. The molecular formula is C16H22N4O2S. The van der Waals surface area contributed by atoms with Gasteiger partial charge >= 0.3 is 0 Å². The normalized spacial score (nSPS) is 10.8. The van der Waals surface area contributed by atoms with E-state index in [1.807, 2.05) is 35.2 Å². The van der Waals surface area contributed by atoms with Crippen molar-refractivity contribution >= 4 is 28.1 Å². The van der Waals surface area contributed by atoms with Gasteiger partial charge in [0, 0.05) is 18.7 Å². The molecule has 1 amide bonds. The van der Waals surface area contributed by atoms with Gasteiger partial charge in [-0.05, 0) is 18.1 Å². The number of aliphatic hydroxyl groups excluding tert-OH is 1. The van der Waals surface area contributed by atoms with Gasteiger partial charge in [-0.2, -0.15) is 0 Å². The number of carbonyl (C=O) groups excluding carboxylic acids is 1. The van der Waals surface area contributed by atoms with Gasteiger partial charge in [-0.3, -0.25) is 10.1 Å². The zero-order valence-corrected chi connectivity index (χ0v) is 14.2. The lowest BCUT2D eigenvalue weighted by Gasteiger charge is -2.22. The first-order valence-electron chi connectivity index (χ1n) is 7.61. The molecule has 0 atom stereocenters. The Morgan fingerprint density at radius 1 is 1.30 bits per heavy atom. The van der Waals surface area contributed by atoms with Gasteiger partial charge in [0.05, 0.1) is 13.2 Å². The van der Waals surface area contributed by atoms with E-state index >= 15 is 0 Å². The third-order valence-corrected chi connectivity index (χ3v) is 3.98. The fourth-order valence-corrected chi connectivity index (χ4v) is 3.09. The van der Waals surface area contributed by atoms with Crippen LogP contribution in [0.3, 0.4) is 0 Å². The third kappa shape index (κ3) is 5.61. The predicted octanol–water partition coefficient (Wildman–Crippen LogP) is 2.17. The lowest BCUT2D eigenvalue weighted by molar-refractivity contribution is -0.115. The van der Waals surface area contributed by atoms with Crippen LogP contribution >= 0.6 is 11.3 Å². The molecule has 2 aromatic rings. The van der Waals surface area contributed by atoms with Crippen LogP contribution in [0, 0.1) is 5.92 Å². The smallest absolute Gasteiger partial charge is 0.245 e. The van der Waals surface area contributed by atoms with Crippen molar-refractivity contribution < 1.29 is 9.90 Å². The van der Waals surface area contributed by atoms with E-state index in [-0.39, 0.29) is 19.1 Å². The molecule has 0 bridgehead atoms. The Labute approximate surface area is 140 Å². The van der Waals surface area contributed by atoms with Crippen molar-refractivity contribution in [2.24, 2.45) is 5.92 Å². The number of amides is 1. The average molecular weight is 334 g/mol. The Bertz CT molecular complexity index is 616. The van der Waals surface area contributed by atoms with Crippen LogP contribution in [0.2, 0.25) is 0 Å². The topological polar surface area (TPSA) is 78.4 Å². The summed E-state index contributed by atoms with van der Waals surface area (Å²) >= 11 is 1.40. The SMILES string of the molecule is CC(C)Cc1nnc(NC(=O)CN(CCO)c2ccccc2)s1. The minimum absolute atomic E-state index is 0.0144. The summed E-state index contributed by atoms with van der Waals surface area (Å²) in [4.78, 5) is 14.0. The summed E-state index contributed by atoms with van der Waals surface area (Å²) in [5, 5.41) is 21.5. The second-order valence-electron chi connectivity index (χ2n) is 5.63. The van der Waals surface area contributed by atoms with Gasteiger partial charge in [0.2, 0.25) is 11.0 Å². The van der Waals surface area contributed by atoms with Gasteiger partial charge in [0.25, 0.3) is 0 Å². The van der Waals surface area contributed by atoms with Gasteiger partial charge in [0.1, 0.15) is 5.01 Å². The number of hydrogen-bond donors (Lipinski definition) is 2. The highest BCUT2D eigenvalue weighted by atomic mass is 32.1. The number of nitrogens with zero attached hydrogens (tertiary/aromatic N) is 3. The van der Waals surface area contributed by atoms with Crippen LogP contribution < -0.4 is 10.2 Å². The van der Waals surface area contributed by atoms with Crippen LogP contribution in [0.4, 0.5) is 10.8 Å². The van der Waals surface area contributed by atoms with E-state index < -0.39 is 0 Å². The Balaban J connectivity index is 1.95. The van der Waals surface area contributed by atoms with Gasteiger partial charge in [-0.25, -0.2) is 0 Å². The molecule has 0 aliphatic carbocycles. The monoisotopic (exact) mass is 334 g/mol. The zero-order valence-electron chi connectivity index (χ0n) is 13.4. The first-order chi connectivity index (χ1) is 11.1. The van der Waals surface area contributed by atoms with Gasteiger partial charge < -0.3 is 10.0 Å². The zero-order chi connectivity index (χ0) is 16.7. The number of anilines is 2. The lowest BCUT2D eigenvalue weighted by atomic mass is 10.1. The number of nitrogens with one attached hydrogen (secondary N) is 1. The maximum atomic E-state index is 12.2. The molecule has 1 heterocycles. The average Bonchev–Trinajstić information content (AvgIpc) is 2.93. The van der Waals surface area contributed by atoms with E-state index in [1.165, 1.54) is 11.3 Å². The molecule has 0 saturated carbocycles. The number of benzene rings is 1. The summed E-state index contributed by atoms with van der Waals surface area (Å²) in [5.74, 6) is 0.333. The van der Waals surface area contributed by atoms with Crippen molar-refractivity contribution in [3.8, 4) is 0 Å². The van der Waals surface area contributed by atoms with Gasteiger partial charge in [0.15, 0.2) is 0 Å². The predicted molar refractivity (Wildman–Crippen MR) is 92.8 cm³/mol. The highest BCUT2D eigenvalue weighted by Crippen LogP contribution is 2.18. The second-order valence-corrected chi connectivity index (χ2v) is 6.69. The Morgan fingerprint density at radius 3 is 2.70 bits per heavy atom. The summed E-state index contributed by atoms with van der Waals surface area (Å²) in [7, 11) is 0. The molecular weight excluding hydrogens is 312 g/mol. The quantitative estimate of drug-likeness (QED) is 0.773. The minimum Gasteiger partial charge on any atom is -0.395 e. The summed E-state index contributed by atoms with van der Waals surface area (Å²) in [5.41, 5.74) is 0.898. The van der Waals surface area contributed by atoms with E-state index in [1.54, 1.807) is 0 Å². The van der Waals surface area contributed by atoms with Crippen molar-refractivity contribution in [1.82, 2.24) is 10.2 Å². The van der Waals surface area contributed by atoms with Gasteiger partial charge in [-0.1, -0.05) is 43.4 Å². The summed E-state index contributed by atoms with van der Waals surface area (Å²) in [6.45, 7) is 4.77. The molecule has 0 spiro atoms. The number of aliphatic hydroxyl groups is 1. The van der Waals surface area contributed by atoms with E-state index in [2.05, 4.69) is 29.4 Å². The molecule has 0 aliphatic heterocycles. The largest absolute Gasteiger partial charge is 0.395 e. The van der Waals surface area contributed by atoms with Crippen LogP contribution in [0.15, 0.2) is 30.3 Å². The second kappa shape index (κ2) is 8.59. The fraction of sp³-hybridized carbons (Fsp3) is 0.438. The molecule has 2 rings (SSSR count). The molecule has 7 heteroatoms. The number of carbonyl (C=O) groups is 1.